The number of hydrogen-bond donors (Lipinski definition) is 2. The molecule has 0 radical (unpaired) electrons. The lowest BCUT2D eigenvalue weighted by atomic mass is 10.1. The molecule has 1 aliphatic rings. The number of nitrogens with one attached hydrogen (secondary N) is 2. The van der Waals surface area contributed by atoms with Crippen molar-refractivity contribution < 1.29 is 31.1 Å². The Hall–Kier alpha value is -3.77. The first-order valence-electron chi connectivity index (χ1n) is 11.8. The Kier molecular flexibility index (Phi) is 7.56. The highest BCUT2D eigenvalue weighted by molar-refractivity contribution is 7.92. The van der Waals surface area contributed by atoms with E-state index in [1.807, 2.05) is 32.0 Å². The molecule has 1 heterocycles. The molecule has 202 valence electrons. The molecule has 0 aromatic heterocycles. The van der Waals surface area contributed by atoms with E-state index in [1.54, 1.807) is 12.1 Å². The predicted octanol–water partition coefficient (Wildman–Crippen LogP) is 3.67. The van der Waals surface area contributed by atoms with Crippen LogP contribution in [0.5, 0.6) is 11.5 Å². The first-order valence-corrected chi connectivity index (χ1v) is 15.1. The maximum atomic E-state index is 13.1. The number of para-hydroxylation sites is 1. The summed E-state index contributed by atoms with van der Waals surface area (Å²) in [6.07, 6.45) is 1.01. The second-order valence-electron chi connectivity index (χ2n) is 8.95. The van der Waals surface area contributed by atoms with Gasteiger partial charge in [-0.25, -0.2) is 16.8 Å². The number of sulfonamides is 2. The molecule has 3 aromatic carbocycles. The number of carbonyl (C=O) groups is 1. The van der Waals surface area contributed by atoms with Crippen LogP contribution in [0.25, 0.3) is 0 Å². The highest BCUT2D eigenvalue weighted by Gasteiger charge is 2.30. The fourth-order valence-corrected chi connectivity index (χ4v) is 6.48. The van der Waals surface area contributed by atoms with Gasteiger partial charge in [-0.05, 0) is 68.3 Å². The average molecular weight is 560 g/mol. The molecule has 0 fully saturated rings. The van der Waals surface area contributed by atoms with Gasteiger partial charge in [0.15, 0.2) is 11.5 Å². The number of carbonyl (C=O) groups excluding carboxylic acids is 1. The number of fused-ring (bicyclic) bond motifs is 1. The Labute approximate surface area is 222 Å². The normalized spacial score (nSPS) is 13.9. The van der Waals surface area contributed by atoms with Gasteiger partial charge in [0.05, 0.1) is 22.5 Å². The summed E-state index contributed by atoms with van der Waals surface area (Å²) in [7, 11) is -7.72. The van der Waals surface area contributed by atoms with Crippen molar-refractivity contribution in [1.82, 2.24) is 0 Å². The van der Waals surface area contributed by atoms with Crippen LogP contribution in [-0.2, 0) is 24.8 Å². The molecule has 3 aromatic rings. The molecule has 1 atom stereocenters. The third-order valence-corrected chi connectivity index (χ3v) is 8.63. The molecule has 0 bridgehead atoms. The van der Waals surface area contributed by atoms with Gasteiger partial charge in [0.1, 0.15) is 19.3 Å². The zero-order valence-corrected chi connectivity index (χ0v) is 23.0. The van der Waals surface area contributed by atoms with Gasteiger partial charge in [-0.3, -0.25) is 13.8 Å². The van der Waals surface area contributed by atoms with Gasteiger partial charge < -0.3 is 14.8 Å². The summed E-state index contributed by atoms with van der Waals surface area (Å²) in [6, 6.07) is 14.6. The summed E-state index contributed by atoms with van der Waals surface area (Å²) in [4.78, 5) is 13.1. The minimum Gasteiger partial charge on any atom is -0.486 e. The molecule has 2 N–H and O–H groups in total. The second-order valence-corrected chi connectivity index (χ2v) is 12.5. The Morgan fingerprint density at radius 1 is 0.895 bits per heavy atom. The van der Waals surface area contributed by atoms with Crippen molar-refractivity contribution in [3.8, 4) is 11.5 Å². The van der Waals surface area contributed by atoms with Crippen LogP contribution < -0.4 is 23.8 Å². The lowest BCUT2D eigenvalue weighted by molar-refractivity contribution is -0.116. The fraction of sp³-hybridized carbons (Fsp3) is 0.269. The Morgan fingerprint density at radius 2 is 1.50 bits per heavy atom. The predicted molar refractivity (Wildman–Crippen MR) is 146 cm³/mol. The molecule has 0 unspecified atom stereocenters. The Morgan fingerprint density at radius 3 is 2.11 bits per heavy atom. The zero-order chi connectivity index (χ0) is 27.7. The van der Waals surface area contributed by atoms with Gasteiger partial charge >= 0.3 is 0 Å². The standard InChI is InChI=1S/C26H29N3O7S2/c1-17-6-5-7-18(2)25(17)28-38(33,34)22-11-8-20(9-12-22)27-26(30)19(3)29(37(4,31)32)21-10-13-23-24(16-21)36-15-14-35-23/h5-13,16,19,28H,14-15H2,1-4H3,(H,27,30)/t19-/m1/s1. The van der Waals surface area contributed by atoms with Gasteiger partial charge in [0, 0.05) is 11.8 Å². The maximum absolute atomic E-state index is 13.1. The summed E-state index contributed by atoms with van der Waals surface area (Å²) in [6.45, 7) is 5.81. The fourth-order valence-electron chi connectivity index (χ4n) is 4.11. The van der Waals surface area contributed by atoms with Crippen LogP contribution >= 0.6 is 0 Å². The van der Waals surface area contributed by atoms with Crippen molar-refractivity contribution in [1.29, 1.82) is 0 Å². The molecule has 38 heavy (non-hydrogen) atoms. The van der Waals surface area contributed by atoms with E-state index >= 15 is 0 Å². The molecular formula is C26H29N3O7S2. The highest BCUT2D eigenvalue weighted by Crippen LogP contribution is 2.35. The van der Waals surface area contributed by atoms with Gasteiger partial charge in [-0.2, -0.15) is 0 Å². The average Bonchev–Trinajstić information content (AvgIpc) is 2.86. The van der Waals surface area contributed by atoms with E-state index in [0.29, 0.717) is 36.1 Å². The van der Waals surface area contributed by atoms with Crippen molar-refractivity contribution in [2.75, 3.05) is 33.8 Å². The van der Waals surface area contributed by atoms with Crippen LogP contribution in [0.2, 0.25) is 0 Å². The molecule has 1 aliphatic heterocycles. The smallest absolute Gasteiger partial charge is 0.261 e. The molecule has 0 saturated carbocycles. The minimum atomic E-state index is -3.87. The molecular weight excluding hydrogens is 530 g/mol. The van der Waals surface area contributed by atoms with Crippen LogP contribution in [0.15, 0.2) is 65.6 Å². The van der Waals surface area contributed by atoms with Gasteiger partial charge in [0.2, 0.25) is 15.9 Å². The number of amides is 1. The molecule has 0 spiro atoms. The summed E-state index contributed by atoms with van der Waals surface area (Å²) in [5, 5.41) is 2.66. The Balaban J connectivity index is 1.51. The highest BCUT2D eigenvalue weighted by atomic mass is 32.2. The molecule has 12 heteroatoms. The number of aryl methyl sites for hydroxylation is 2. The number of anilines is 3. The summed E-state index contributed by atoms with van der Waals surface area (Å²) >= 11 is 0. The number of benzene rings is 3. The minimum absolute atomic E-state index is 0.0141. The summed E-state index contributed by atoms with van der Waals surface area (Å²) in [5.41, 5.74) is 2.65. The van der Waals surface area contributed by atoms with Crippen molar-refractivity contribution in [2.24, 2.45) is 0 Å². The maximum Gasteiger partial charge on any atom is 0.261 e. The lowest BCUT2D eigenvalue weighted by Crippen LogP contribution is -2.45. The number of rotatable bonds is 8. The molecule has 0 saturated heterocycles. The van der Waals surface area contributed by atoms with Crippen LogP contribution in [0.4, 0.5) is 17.1 Å². The van der Waals surface area contributed by atoms with Crippen molar-refractivity contribution in [3.05, 3.63) is 71.8 Å². The molecule has 1 amide bonds. The monoisotopic (exact) mass is 559 g/mol. The quantitative estimate of drug-likeness (QED) is 0.431. The molecule has 0 aliphatic carbocycles. The third kappa shape index (κ3) is 5.86. The lowest BCUT2D eigenvalue weighted by Gasteiger charge is -2.29. The zero-order valence-electron chi connectivity index (χ0n) is 21.4. The van der Waals surface area contributed by atoms with E-state index in [1.165, 1.54) is 37.3 Å². The Bertz CT molecular complexity index is 1550. The van der Waals surface area contributed by atoms with Crippen molar-refractivity contribution >= 4 is 43.0 Å². The van der Waals surface area contributed by atoms with E-state index in [-0.39, 0.29) is 10.6 Å². The topological polar surface area (TPSA) is 131 Å². The van der Waals surface area contributed by atoms with Gasteiger partial charge in [0.25, 0.3) is 10.0 Å². The first-order chi connectivity index (χ1) is 17.9. The van der Waals surface area contributed by atoms with E-state index in [0.717, 1.165) is 21.7 Å². The number of nitrogens with zero attached hydrogens (tertiary/aromatic N) is 1. The van der Waals surface area contributed by atoms with Crippen LogP contribution in [0.3, 0.4) is 0 Å². The van der Waals surface area contributed by atoms with E-state index in [2.05, 4.69) is 10.0 Å². The SMILES string of the molecule is Cc1cccc(C)c1NS(=O)(=O)c1ccc(NC(=O)[C@@H](C)N(c2ccc3c(c2)OCCO3)S(C)(=O)=O)cc1. The number of ether oxygens (including phenoxy) is 2. The second kappa shape index (κ2) is 10.5. The van der Waals surface area contributed by atoms with E-state index < -0.39 is 32.0 Å². The first kappa shape index (κ1) is 27.3. The van der Waals surface area contributed by atoms with E-state index in [4.69, 9.17) is 9.47 Å². The molecule has 4 rings (SSSR count). The summed E-state index contributed by atoms with van der Waals surface area (Å²) in [5.74, 6) is 0.281. The van der Waals surface area contributed by atoms with Crippen molar-refractivity contribution in [3.63, 3.8) is 0 Å². The third-order valence-electron chi connectivity index (χ3n) is 6.02. The van der Waals surface area contributed by atoms with Gasteiger partial charge in [-0.15, -0.1) is 0 Å². The molecule has 10 nitrogen and oxygen atoms in total. The van der Waals surface area contributed by atoms with Gasteiger partial charge in [-0.1, -0.05) is 18.2 Å². The van der Waals surface area contributed by atoms with Crippen LogP contribution in [0, 0.1) is 13.8 Å². The van der Waals surface area contributed by atoms with Crippen LogP contribution in [-0.4, -0.2) is 48.3 Å². The van der Waals surface area contributed by atoms with E-state index in [9.17, 15) is 21.6 Å². The van der Waals surface area contributed by atoms with Crippen LogP contribution in [0.1, 0.15) is 18.1 Å². The summed E-state index contributed by atoms with van der Waals surface area (Å²) < 4.78 is 65.8. The largest absolute Gasteiger partial charge is 0.486 e. The van der Waals surface area contributed by atoms with Crippen molar-refractivity contribution in [2.45, 2.75) is 31.7 Å². The number of hydrogen-bond acceptors (Lipinski definition) is 7.